The molecule has 106 valence electrons. The lowest BCUT2D eigenvalue weighted by Crippen LogP contribution is -2.35. The van der Waals surface area contributed by atoms with Crippen molar-refractivity contribution >= 4 is 11.8 Å². The topological polar surface area (TPSA) is 38.3 Å². The predicted octanol–water partition coefficient (Wildman–Crippen LogP) is 2.94. The van der Waals surface area contributed by atoms with Gasteiger partial charge in [0.15, 0.2) is 0 Å². The molecule has 0 aliphatic rings. The molecule has 0 aliphatic heterocycles. The van der Waals surface area contributed by atoms with Gasteiger partial charge in [0.2, 0.25) is 0 Å². The number of carbonyl (C=O) groups is 1. The van der Waals surface area contributed by atoms with Gasteiger partial charge < -0.3 is 10.1 Å². The molecule has 0 fully saturated rings. The summed E-state index contributed by atoms with van der Waals surface area (Å²) in [7, 11) is 7.99. The number of quaternary nitrogens is 1. The normalized spacial score (nSPS) is 11.2. The first-order valence-electron chi connectivity index (χ1n) is 6.73. The summed E-state index contributed by atoms with van der Waals surface area (Å²) in [6.45, 7) is 2.18. The first kappa shape index (κ1) is 15.5. The van der Waals surface area contributed by atoms with Gasteiger partial charge in [-0.2, -0.15) is 0 Å². The van der Waals surface area contributed by atoms with Crippen LogP contribution in [0.4, 0.5) is 10.5 Å². The Bertz CT molecular complexity index is 436. The predicted molar refractivity (Wildman–Crippen MR) is 79.7 cm³/mol. The van der Waals surface area contributed by atoms with E-state index in [9.17, 15) is 4.79 Å². The van der Waals surface area contributed by atoms with E-state index in [2.05, 4.69) is 33.4 Å². The number of amides is 1. The SMILES string of the molecule is CCCCc1cc(OC(=O)NC)ccc1[N+](C)(C)C. The van der Waals surface area contributed by atoms with Crippen LogP contribution in [0.5, 0.6) is 5.75 Å². The molecule has 19 heavy (non-hydrogen) atoms. The Balaban J connectivity index is 3.04. The van der Waals surface area contributed by atoms with Crippen LogP contribution in [0.2, 0.25) is 0 Å². The number of rotatable bonds is 5. The highest BCUT2D eigenvalue weighted by Gasteiger charge is 2.18. The van der Waals surface area contributed by atoms with E-state index in [0.29, 0.717) is 5.75 Å². The van der Waals surface area contributed by atoms with E-state index >= 15 is 0 Å². The van der Waals surface area contributed by atoms with Crippen molar-refractivity contribution in [3.63, 3.8) is 0 Å². The van der Waals surface area contributed by atoms with E-state index < -0.39 is 6.09 Å². The van der Waals surface area contributed by atoms with Gasteiger partial charge in [0.05, 0.1) is 21.1 Å². The molecule has 4 heteroatoms. The second-order valence-corrected chi connectivity index (χ2v) is 5.55. The number of unbranched alkanes of at least 4 members (excludes halogenated alkanes) is 1. The average Bonchev–Trinajstić information content (AvgIpc) is 2.35. The molecular formula is C15H25N2O2+. The number of nitrogens with one attached hydrogen (secondary N) is 1. The fraction of sp³-hybridized carbons (Fsp3) is 0.533. The van der Waals surface area contributed by atoms with E-state index in [1.807, 2.05) is 18.2 Å². The van der Waals surface area contributed by atoms with Crippen molar-refractivity contribution in [2.24, 2.45) is 0 Å². The summed E-state index contributed by atoms with van der Waals surface area (Å²) in [6, 6.07) is 5.87. The van der Waals surface area contributed by atoms with Crippen LogP contribution in [0.15, 0.2) is 18.2 Å². The highest BCUT2D eigenvalue weighted by Crippen LogP contribution is 2.28. The average molecular weight is 265 g/mol. The molecule has 0 spiro atoms. The molecule has 0 aromatic heterocycles. The molecule has 0 unspecified atom stereocenters. The second kappa shape index (κ2) is 6.57. The lowest BCUT2D eigenvalue weighted by molar-refractivity contribution is 0.203. The van der Waals surface area contributed by atoms with Crippen LogP contribution in [0.3, 0.4) is 0 Å². The molecule has 0 bridgehead atoms. The Morgan fingerprint density at radius 2 is 2.00 bits per heavy atom. The largest absolute Gasteiger partial charge is 0.412 e. The number of nitrogens with zero attached hydrogens (tertiary/aromatic N) is 1. The molecule has 0 saturated carbocycles. The lowest BCUT2D eigenvalue weighted by Gasteiger charge is -2.26. The summed E-state index contributed by atoms with van der Waals surface area (Å²) >= 11 is 0. The van der Waals surface area contributed by atoms with Crippen LogP contribution < -0.4 is 14.5 Å². The minimum Gasteiger partial charge on any atom is -0.410 e. The van der Waals surface area contributed by atoms with Gasteiger partial charge in [-0.25, -0.2) is 4.79 Å². The maximum absolute atomic E-state index is 11.3. The molecular weight excluding hydrogens is 240 g/mol. The summed E-state index contributed by atoms with van der Waals surface area (Å²) in [6.07, 6.45) is 2.86. The molecule has 0 aliphatic carbocycles. The number of carbonyl (C=O) groups excluding carboxylic acids is 1. The van der Waals surface area contributed by atoms with Gasteiger partial charge >= 0.3 is 6.09 Å². The van der Waals surface area contributed by atoms with Crippen LogP contribution in [-0.2, 0) is 6.42 Å². The molecule has 0 heterocycles. The zero-order valence-electron chi connectivity index (χ0n) is 12.6. The Labute approximate surface area is 116 Å². The smallest absolute Gasteiger partial charge is 0.410 e. The van der Waals surface area contributed by atoms with Crippen molar-refractivity contribution in [3.05, 3.63) is 23.8 Å². The van der Waals surface area contributed by atoms with Crippen molar-refractivity contribution in [3.8, 4) is 5.75 Å². The third-order valence-electron chi connectivity index (χ3n) is 2.99. The monoisotopic (exact) mass is 265 g/mol. The quantitative estimate of drug-likeness (QED) is 0.831. The molecule has 1 rings (SSSR count). The molecule has 1 aromatic carbocycles. The van der Waals surface area contributed by atoms with E-state index in [4.69, 9.17) is 4.74 Å². The van der Waals surface area contributed by atoms with Crippen molar-refractivity contribution in [2.75, 3.05) is 28.2 Å². The summed E-state index contributed by atoms with van der Waals surface area (Å²) in [5.41, 5.74) is 2.51. The standard InChI is InChI=1S/C15H24N2O2/c1-6-7-8-12-11-13(19-15(18)16-2)9-10-14(12)17(3,4)5/h9-11H,6-8H2,1-5H3/p+1. The Morgan fingerprint density at radius 3 is 2.53 bits per heavy atom. The maximum Gasteiger partial charge on any atom is 0.412 e. The van der Waals surface area contributed by atoms with E-state index in [0.717, 1.165) is 23.7 Å². The fourth-order valence-corrected chi connectivity index (χ4v) is 2.01. The van der Waals surface area contributed by atoms with Crippen LogP contribution in [0, 0.1) is 0 Å². The summed E-state index contributed by atoms with van der Waals surface area (Å²) in [4.78, 5) is 11.3. The lowest BCUT2D eigenvalue weighted by atomic mass is 10.0. The number of hydrogen-bond acceptors (Lipinski definition) is 2. The van der Waals surface area contributed by atoms with Crippen LogP contribution in [0.1, 0.15) is 25.3 Å². The third-order valence-corrected chi connectivity index (χ3v) is 2.99. The number of ether oxygens (including phenoxy) is 1. The fourth-order valence-electron chi connectivity index (χ4n) is 2.01. The van der Waals surface area contributed by atoms with Crippen LogP contribution in [0.25, 0.3) is 0 Å². The molecule has 1 N–H and O–H groups in total. The summed E-state index contributed by atoms with van der Waals surface area (Å²) in [5, 5.41) is 2.46. The number of benzene rings is 1. The molecule has 0 radical (unpaired) electrons. The van der Waals surface area contributed by atoms with Crippen LogP contribution >= 0.6 is 0 Å². The highest BCUT2D eigenvalue weighted by molar-refractivity contribution is 5.70. The summed E-state index contributed by atoms with van der Waals surface area (Å²) in [5.74, 6) is 0.600. The van der Waals surface area contributed by atoms with Crippen molar-refractivity contribution in [2.45, 2.75) is 26.2 Å². The first-order chi connectivity index (χ1) is 8.88. The van der Waals surface area contributed by atoms with Gasteiger partial charge in [0.1, 0.15) is 11.4 Å². The Morgan fingerprint density at radius 1 is 1.32 bits per heavy atom. The third kappa shape index (κ3) is 4.56. The molecule has 0 saturated heterocycles. The highest BCUT2D eigenvalue weighted by atomic mass is 16.5. The second-order valence-electron chi connectivity index (χ2n) is 5.55. The van der Waals surface area contributed by atoms with Gasteiger partial charge in [-0.05, 0) is 25.0 Å². The number of aryl methyl sites for hydroxylation is 1. The van der Waals surface area contributed by atoms with E-state index in [-0.39, 0.29) is 0 Å². The molecule has 1 amide bonds. The minimum absolute atomic E-state index is 0.431. The van der Waals surface area contributed by atoms with Gasteiger partial charge in [-0.3, -0.25) is 4.48 Å². The molecule has 0 atom stereocenters. The van der Waals surface area contributed by atoms with Crippen molar-refractivity contribution in [1.29, 1.82) is 0 Å². The Kier molecular flexibility index (Phi) is 5.36. The van der Waals surface area contributed by atoms with Gasteiger partial charge in [0.25, 0.3) is 0 Å². The van der Waals surface area contributed by atoms with Gasteiger partial charge in [-0.15, -0.1) is 0 Å². The Hall–Kier alpha value is -1.55. The maximum atomic E-state index is 11.3. The molecule has 4 nitrogen and oxygen atoms in total. The zero-order valence-corrected chi connectivity index (χ0v) is 12.6. The van der Waals surface area contributed by atoms with Crippen molar-refractivity contribution in [1.82, 2.24) is 9.80 Å². The number of hydrogen-bond donors (Lipinski definition) is 1. The minimum atomic E-state index is -0.431. The van der Waals surface area contributed by atoms with E-state index in [1.54, 1.807) is 7.05 Å². The zero-order chi connectivity index (χ0) is 14.5. The first-order valence-corrected chi connectivity index (χ1v) is 6.73. The van der Waals surface area contributed by atoms with Crippen LogP contribution in [-0.4, -0.2) is 34.3 Å². The van der Waals surface area contributed by atoms with Crippen molar-refractivity contribution < 1.29 is 9.53 Å². The molecule has 1 aromatic rings. The van der Waals surface area contributed by atoms with E-state index in [1.165, 1.54) is 11.3 Å². The van der Waals surface area contributed by atoms with Gasteiger partial charge in [-0.1, -0.05) is 13.3 Å². The van der Waals surface area contributed by atoms with Gasteiger partial charge in [0, 0.05) is 18.7 Å². The summed E-state index contributed by atoms with van der Waals surface area (Å²) < 4.78 is 5.96.